The number of anilines is 1. The summed E-state index contributed by atoms with van der Waals surface area (Å²) < 4.78 is 16.3. The number of halogens is 1. The van der Waals surface area contributed by atoms with Crippen LogP contribution in [-0.4, -0.2) is 17.9 Å². The van der Waals surface area contributed by atoms with Crippen LogP contribution in [0.3, 0.4) is 0 Å². The molecule has 1 aliphatic rings. The summed E-state index contributed by atoms with van der Waals surface area (Å²) in [7, 11) is 0. The van der Waals surface area contributed by atoms with Crippen LogP contribution in [0.4, 0.5) is 5.69 Å². The highest BCUT2D eigenvalue weighted by atomic mass is 79.9. The monoisotopic (exact) mass is 339 g/mol. The Kier molecular flexibility index (Phi) is 3.33. The van der Waals surface area contributed by atoms with Crippen molar-refractivity contribution in [3.63, 3.8) is 0 Å². The van der Waals surface area contributed by atoms with E-state index in [0.717, 1.165) is 4.47 Å². The topological polar surface area (TPSA) is 99.6 Å². The van der Waals surface area contributed by atoms with Crippen LogP contribution in [0.25, 0.3) is 0 Å². The smallest absolute Gasteiger partial charge is 0.277 e. The number of hydrogen-bond donors (Lipinski definition) is 2. The molecule has 0 radical (unpaired) electrons. The molecular formula is C12H10BrN3O4. The lowest BCUT2D eigenvalue weighted by atomic mass is 10.2. The fraction of sp³-hybridized carbons (Fsp3) is 0.167. The number of nitrogens with two attached hydrogens (primary N) is 1. The van der Waals surface area contributed by atoms with Crippen LogP contribution >= 0.6 is 15.9 Å². The highest BCUT2D eigenvalue weighted by Crippen LogP contribution is 2.41. The third-order valence-corrected chi connectivity index (χ3v) is 3.14. The lowest BCUT2D eigenvalue weighted by Crippen LogP contribution is -2.12. The molecule has 1 amide bonds. The third-order valence-electron chi connectivity index (χ3n) is 2.68. The number of nitrogens with one attached hydrogen (secondary N) is 1. The summed E-state index contributed by atoms with van der Waals surface area (Å²) in [5.41, 5.74) is 6.05. The Morgan fingerprint density at radius 3 is 3.00 bits per heavy atom. The maximum Gasteiger partial charge on any atom is 0.277 e. The van der Waals surface area contributed by atoms with Crippen molar-refractivity contribution in [3.8, 4) is 11.5 Å². The second kappa shape index (κ2) is 5.14. The van der Waals surface area contributed by atoms with Crippen molar-refractivity contribution in [2.24, 2.45) is 5.73 Å². The lowest BCUT2D eigenvalue weighted by Gasteiger charge is -2.07. The molecule has 0 saturated heterocycles. The van der Waals surface area contributed by atoms with Gasteiger partial charge in [-0.15, -0.1) is 0 Å². The molecule has 7 nitrogen and oxygen atoms in total. The number of fused-ring (bicyclic) bond motifs is 1. The van der Waals surface area contributed by atoms with Crippen LogP contribution in [0.15, 0.2) is 27.2 Å². The van der Waals surface area contributed by atoms with E-state index in [1.165, 1.54) is 6.07 Å². The van der Waals surface area contributed by atoms with Gasteiger partial charge in [0.25, 0.3) is 5.91 Å². The average molecular weight is 340 g/mol. The van der Waals surface area contributed by atoms with E-state index in [1.807, 2.05) is 0 Å². The molecule has 1 aliphatic heterocycles. The number of aromatic nitrogens is 1. The molecule has 3 rings (SSSR count). The van der Waals surface area contributed by atoms with Crippen molar-refractivity contribution in [2.45, 2.75) is 6.54 Å². The van der Waals surface area contributed by atoms with Gasteiger partial charge >= 0.3 is 0 Å². The predicted octanol–water partition coefficient (Wildman–Crippen LogP) is 1.88. The van der Waals surface area contributed by atoms with Crippen LogP contribution in [0.2, 0.25) is 0 Å². The molecule has 3 N–H and O–H groups in total. The molecule has 2 heterocycles. The molecule has 20 heavy (non-hydrogen) atoms. The Bertz CT molecular complexity index is 671. The third kappa shape index (κ3) is 2.35. The van der Waals surface area contributed by atoms with Gasteiger partial charge in [-0.25, -0.2) is 0 Å². The van der Waals surface area contributed by atoms with Gasteiger partial charge in [-0.1, -0.05) is 21.1 Å². The minimum Gasteiger partial charge on any atom is -0.453 e. The van der Waals surface area contributed by atoms with Crippen LogP contribution in [-0.2, 0) is 6.54 Å². The van der Waals surface area contributed by atoms with Crippen molar-refractivity contribution >= 4 is 27.5 Å². The number of rotatable bonds is 3. The predicted molar refractivity (Wildman–Crippen MR) is 72.6 cm³/mol. The number of carbonyl (C=O) groups excluding carboxylic acids is 1. The SMILES string of the molecule is NCc1cc(C(=O)Nc2cc(Br)cc3c2OCO3)no1. The highest BCUT2D eigenvalue weighted by Gasteiger charge is 2.21. The zero-order valence-electron chi connectivity index (χ0n) is 10.2. The Hall–Kier alpha value is -2.06. The molecule has 8 heteroatoms. The summed E-state index contributed by atoms with van der Waals surface area (Å²) in [5, 5.41) is 6.35. The quantitative estimate of drug-likeness (QED) is 0.885. The zero-order chi connectivity index (χ0) is 14.1. The van der Waals surface area contributed by atoms with Crippen molar-refractivity contribution in [3.05, 3.63) is 34.1 Å². The van der Waals surface area contributed by atoms with Gasteiger partial charge in [0.05, 0.1) is 12.2 Å². The first kappa shape index (κ1) is 12.9. The van der Waals surface area contributed by atoms with Gasteiger partial charge in [0, 0.05) is 10.5 Å². The molecule has 104 valence electrons. The molecule has 0 bridgehead atoms. The summed E-state index contributed by atoms with van der Waals surface area (Å²) in [6.45, 7) is 0.305. The Morgan fingerprint density at radius 2 is 2.25 bits per heavy atom. The minimum atomic E-state index is -0.413. The number of nitrogens with zero attached hydrogens (tertiary/aromatic N) is 1. The fourth-order valence-electron chi connectivity index (χ4n) is 1.77. The molecule has 1 aromatic carbocycles. The largest absolute Gasteiger partial charge is 0.453 e. The fourth-order valence-corrected chi connectivity index (χ4v) is 2.21. The maximum atomic E-state index is 12.1. The second-order valence-electron chi connectivity index (χ2n) is 4.02. The Labute approximate surface area is 122 Å². The molecule has 0 fully saturated rings. The number of amides is 1. The molecule has 0 spiro atoms. The molecular weight excluding hydrogens is 330 g/mol. The number of carbonyl (C=O) groups is 1. The highest BCUT2D eigenvalue weighted by molar-refractivity contribution is 9.10. The van der Waals surface area contributed by atoms with E-state index in [-0.39, 0.29) is 19.0 Å². The molecule has 0 aliphatic carbocycles. The van der Waals surface area contributed by atoms with Crippen molar-refractivity contribution in [1.29, 1.82) is 0 Å². The van der Waals surface area contributed by atoms with Crippen molar-refractivity contribution in [1.82, 2.24) is 5.16 Å². The van der Waals surface area contributed by atoms with Gasteiger partial charge in [0.15, 0.2) is 23.0 Å². The van der Waals surface area contributed by atoms with Gasteiger partial charge in [0.2, 0.25) is 6.79 Å². The summed E-state index contributed by atoms with van der Waals surface area (Å²) in [6.07, 6.45) is 0. The molecule has 0 atom stereocenters. The first-order valence-electron chi connectivity index (χ1n) is 5.73. The average Bonchev–Trinajstić information content (AvgIpc) is 3.06. The summed E-state index contributed by atoms with van der Waals surface area (Å²) in [6, 6.07) is 4.97. The van der Waals surface area contributed by atoms with Crippen LogP contribution < -0.4 is 20.5 Å². The van der Waals surface area contributed by atoms with E-state index >= 15 is 0 Å². The molecule has 0 saturated carbocycles. The molecule has 1 aromatic heterocycles. The van der Waals surface area contributed by atoms with Gasteiger partial charge in [-0.2, -0.15) is 0 Å². The molecule has 0 unspecified atom stereocenters. The van der Waals surface area contributed by atoms with E-state index in [0.29, 0.717) is 22.9 Å². The molecule has 2 aromatic rings. The summed E-state index contributed by atoms with van der Waals surface area (Å²) in [5.74, 6) is 1.08. The van der Waals surface area contributed by atoms with Crippen LogP contribution in [0, 0.1) is 0 Å². The van der Waals surface area contributed by atoms with Gasteiger partial charge in [-0.3, -0.25) is 4.79 Å². The second-order valence-corrected chi connectivity index (χ2v) is 4.94. The maximum absolute atomic E-state index is 12.1. The first-order chi connectivity index (χ1) is 9.67. The van der Waals surface area contributed by atoms with Crippen LogP contribution in [0.1, 0.15) is 16.2 Å². The van der Waals surface area contributed by atoms with E-state index in [4.69, 9.17) is 19.7 Å². The summed E-state index contributed by atoms with van der Waals surface area (Å²) >= 11 is 3.34. The minimum absolute atomic E-state index is 0.121. The van der Waals surface area contributed by atoms with E-state index in [1.54, 1.807) is 12.1 Å². The van der Waals surface area contributed by atoms with E-state index in [2.05, 4.69) is 26.4 Å². The standard InChI is InChI=1S/C12H10BrN3O4/c13-6-1-8(11-10(2-6)18-5-19-11)15-12(17)9-3-7(4-14)20-16-9/h1-3H,4-5,14H2,(H,15,17). The lowest BCUT2D eigenvalue weighted by molar-refractivity contribution is 0.101. The number of ether oxygens (including phenoxy) is 2. The van der Waals surface area contributed by atoms with E-state index in [9.17, 15) is 4.79 Å². The number of benzene rings is 1. The van der Waals surface area contributed by atoms with Crippen molar-refractivity contribution < 1.29 is 18.8 Å². The Balaban J connectivity index is 1.86. The van der Waals surface area contributed by atoms with Crippen molar-refractivity contribution in [2.75, 3.05) is 12.1 Å². The zero-order valence-corrected chi connectivity index (χ0v) is 11.8. The first-order valence-corrected chi connectivity index (χ1v) is 6.53. The number of hydrogen-bond acceptors (Lipinski definition) is 6. The normalized spacial score (nSPS) is 12.5. The summed E-state index contributed by atoms with van der Waals surface area (Å²) in [4.78, 5) is 12.1. The van der Waals surface area contributed by atoms with Gasteiger partial charge in [-0.05, 0) is 12.1 Å². The van der Waals surface area contributed by atoms with Gasteiger partial charge < -0.3 is 25.0 Å². The van der Waals surface area contributed by atoms with Crippen LogP contribution in [0.5, 0.6) is 11.5 Å². The van der Waals surface area contributed by atoms with E-state index < -0.39 is 5.91 Å². The van der Waals surface area contributed by atoms with Gasteiger partial charge in [0.1, 0.15) is 0 Å². The Morgan fingerprint density at radius 1 is 1.40 bits per heavy atom.